The summed E-state index contributed by atoms with van der Waals surface area (Å²) in [6.45, 7) is 2.62. The Morgan fingerprint density at radius 3 is 2.80 bits per heavy atom. The molecule has 35 heavy (non-hydrogen) atoms. The molecule has 0 radical (unpaired) electrons. The maximum Gasteiger partial charge on any atom is 0.257 e. The maximum absolute atomic E-state index is 14.4. The Hall–Kier alpha value is -4.51. The highest BCUT2D eigenvalue weighted by molar-refractivity contribution is 5.94. The van der Waals surface area contributed by atoms with Gasteiger partial charge < -0.3 is 9.64 Å². The summed E-state index contributed by atoms with van der Waals surface area (Å²) in [7, 11) is 1.59. The summed E-state index contributed by atoms with van der Waals surface area (Å²) >= 11 is 0. The standard InChI is InChI=1S/C27H21FN6O/c1-17-31-32-27-30-26(22-15-20(28)11-12-24(22)34(17)27)33-14-4-6-21-19(5-3-7-23(21)33)10-8-18-9-13-25(35-2)29-16-18/h3,5,7,9,11-13,15-16H,4,6,14H2,1-2H3. The molecule has 6 rings (SSSR count). The van der Waals surface area contributed by atoms with Crippen molar-refractivity contribution in [3.8, 4) is 17.7 Å². The lowest BCUT2D eigenvalue weighted by molar-refractivity contribution is 0.398. The van der Waals surface area contributed by atoms with Crippen LogP contribution in [0, 0.1) is 24.6 Å². The second-order valence-electron chi connectivity index (χ2n) is 8.38. The monoisotopic (exact) mass is 464 g/mol. The topological polar surface area (TPSA) is 68.4 Å². The SMILES string of the molecule is COc1ccc(C#Cc2cccc3c2CCCN3c2nc3nnc(C)n3c3ccc(F)cc23)cn1. The number of methoxy groups -OCH3 is 1. The van der Waals surface area contributed by atoms with E-state index in [2.05, 4.69) is 38.0 Å². The minimum absolute atomic E-state index is 0.310. The van der Waals surface area contributed by atoms with Crippen molar-refractivity contribution in [2.24, 2.45) is 0 Å². The zero-order chi connectivity index (χ0) is 23.9. The van der Waals surface area contributed by atoms with E-state index in [-0.39, 0.29) is 5.82 Å². The zero-order valence-electron chi connectivity index (χ0n) is 19.3. The van der Waals surface area contributed by atoms with Crippen LogP contribution < -0.4 is 9.64 Å². The Morgan fingerprint density at radius 1 is 1.06 bits per heavy atom. The zero-order valence-corrected chi connectivity index (χ0v) is 19.3. The van der Waals surface area contributed by atoms with Gasteiger partial charge in [0, 0.05) is 41.0 Å². The average Bonchev–Trinajstić information content (AvgIpc) is 3.27. The number of aryl methyl sites for hydroxylation is 1. The molecule has 0 unspecified atom stereocenters. The molecule has 0 bridgehead atoms. The second kappa shape index (κ2) is 8.37. The molecule has 0 aliphatic carbocycles. The number of nitrogens with zero attached hydrogens (tertiary/aromatic N) is 6. The number of hydrogen-bond donors (Lipinski definition) is 0. The first-order chi connectivity index (χ1) is 17.1. The van der Waals surface area contributed by atoms with Crippen molar-refractivity contribution < 1.29 is 9.13 Å². The molecule has 7 nitrogen and oxygen atoms in total. The van der Waals surface area contributed by atoms with Gasteiger partial charge in [0.05, 0.1) is 12.6 Å². The third kappa shape index (κ3) is 3.62. The molecule has 2 aromatic carbocycles. The van der Waals surface area contributed by atoms with E-state index in [0.717, 1.165) is 47.3 Å². The number of rotatable bonds is 2. The van der Waals surface area contributed by atoms with Crippen molar-refractivity contribution in [2.45, 2.75) is 19.8 Å². The van der Waals surface area contributed by atoms with E-state index in [1.807, 2.05) is 29.5 Å². The molecular weight excluding hydrogens is 443 g/mol. The molecule has 1 aliphatic heterocycles. The van der Waals surface area contributed by atoms with Crippen LogP contribution in [0.25, 0.3) is 16.7 Å². The Kier molecular flexibility index (Phi) is 5.03. The average molecular weight is 465 g/mol. The number of hydrogen-bond acceptors (Lipinski definition) is 6. The van der Waals surface area contributed by atoms with E-state index in [1.165, 1.54) is 12.1 Å². The van der Waals surface area contributed by atoms with Crippen LogP contribution in [0.2, 0.25) is 0 Å². The molecule has 3 aromatic heterocycles. The minimum atomic E-state index is -0.310. The Labute approximate surface area is 201 Å². The minimum Gasteiger partial charge on any atom is -0.481 e. The summed E-state index contributed by atoms with van der Waals surface area (Å²) in [6, 6.07) is 14.5. The number of aromatic nitrogens is 5. The van der Waals surface area contributed by atoms with Crippen LogP contribution in [0.5, 0.6) is 5.88 Å². The van der Waals surface area contributed by atoms with Crippen molar-refractivity contribution in [3.05, 3.63) is 83.1 Å². The summed E-state index contributed by atoms with van der Waals surface area (Å²) < 4.78 is 21.3. The molecule has 1 aliphatic rings. The van der Waals surface area contributed by atoms with E-state index in [1.54, 1.807) is 25.4 Å². The molecule has 0 spiro atoms. The van der Waals surface area contributed by atoms with Crippen LogP contribution in [-0.2, 0) is 6.42 Å². The molecule has 0 saturated heterocycles. The number of fused-ring (bicyclic) bond motifs is 4. The van der Waals surface area contributed by atoms with E-state index in [4.69, 9.17) is 9.72 Å². The number of pyridine rings is 1. The molecular formula is C27H21FN6O. The molecule has 0 fully saturated rings. The molecule has 0 N–H and O–H groups in total. The van der Waals surface area contributed by atoms with Crippen molar-refractivity contribution in [1.82, 2.24) is 24.6 Å². The highest BCUT2D eigenvalue weighted by Crippen LogP contribution is 2.38. The third-order valence-corrected chi connectivity index (χ3v) is 6.25. The first-order valence-electron chi connectivity index (χ1n) is 11.3. The Bertz CT molecular complexity index is 1650. The number of benzene rings is 2. The smallest absolute Gasteiger partial charge is 0.257 e. The van der Waals surface area contributed by atoms with Crippen molar-refractivity contribution in [2.75, 3.05) is 18.6 Å². The number of halogens is 1. The molecule has 172 valence electrons. The largest absolute Gasteiger partial charge is 0.481 e. The Morgan fingerprint density at radius 2 is 1.97 bits per heavy atom. The van der Waals surface area contributed by atoms with Crippen LogP contribution in [0.1, 0.15) is 28.9 Å². The summed E-state index contributed by atoms with van der Waals surface area (Å²) in [5, 5.41) is 9.14. The van der Waals surface area contributed by atoms with Gasteiger partial charge in [-0.1, -0.05) is 17.9 Å². The molecule has 0 atom stereocenters. The Balaban J connectivity index is 1.48. The highest BCUT2D eigenvalue weighted by atomic mass is 19.1. The predicted molar refractivity (Wildman–Crippen MR) is 132 cm³/mol. The van der Waals surface area contributed by atoms with E-state index < -0.39 is 0 Å². The van der Waals surface area contributed by atoms with Gasteiger partial charge in [0.1, 0.15) is 17.5 Å². The maximum atomic E-state index is 14.4. The number of ether oxygens (including phenoxy) is 1. The molecule has 5 aromatic rings. The van der Waals surface area contributed by atoms with Crippen molar-refractivity contribution in [1.29, 1.82) is 0 Å². The molecule has 4 heterocycles. The quantitative estimate of drug-likeness (QED) is 0.356. The third-order valence-electron chi connectivity index (χ3n) is 6.25. The molecule has 0 amide bonds. The normalized spacial score (nSPS) is 12.9. The summed E-state index contributed by atoms with van der Waals surface area (Å²) in [4.78, 5) is 11.2. The highest BCUT2D eigenvalue weighted by Gasteiger charge is 2.24. The lowest BCUT2D eigenvalue weighted by atomic mass is 9.96. The van der Waals surface area contributed by atoms with Crippen molar-refractivity contribution in [3.63, 3.8) is 0 Å². The van der Waals surface area contributed by atoms with Gasteiger partial charge in [-0.15, -0.1) is 10.2 Å². The van der Waals surface area contributed by atoms with Gasteiger partial charge in [0.15, 0.2) is 0 Å². The summed E-state index contributed by atoms with van der Waals surface area (Å²) in [6.07, 6.45) is 3.52. The van der Waals surface area contributed by atoms with Crippen LogP contribution in [0.3, 0.4) is 0 Å². The van der Waals surface area contributed by atoms with Gasteiger partial charge in [0.25, 0.3) is 5.78 Å². The van der Waals surface area contributed by atoms with Gasteiger partial charge in [-0.05, 0) is 61.7 Å². The summed E-state index contributed by atoms with van der Waals surface area (Å²) in [5.41, 5.74) is 4.76. The van der Waals surface area contributed by atoms with E-state index in [9.17, 15) is 4.39 Å². The van der Waals surface area contributed by atoms with Gasteiger partial charge in [-0.25, -0.2) is 9.37 Å². The first-order valence-corrected chi connectivity index (χ1v) is 11.3. The molecule has 0 saturated carbocycles. The predicted octanol–water partition coefficient (Wildman–Crippen LogP) is 4.61. The summed E-state index contributed by atoms with van der Waals surface area (Å²) in [5.74, 6) is 8.64. The fourth-order valence-corrected chi connectivity index (χ4v) is 4.62. The fourth-order valence-electron chi connectivity index (χ4n) is 4.62. The first kappa shape index (κ1) is 21.1. The van der Waals surface area contributed by atoms with Crippen LogP contribution >= 0.6 is 0 Å². The lowest BCUT2D eigenvalue weighted by Crippen LogP contribution is -2.26. The molecule has 8 heteroatoms. The van der Waals surface area contributed by atoms with Crippen LogP contribution in [-0.4, -0.2) is 38.2 Å². The van der Waals surface area contributed by atoms with Gasteiger partial charge in [-0.3, -0.25) is 4.40 Å². The van der Waals surface area contributed by atoms with Gasteiger partial charge in [-0.2, -0.15) is 4.98 Å². The van der Waals surface area contributed by atoms with Crippen LogP contribution in [0.4, 0.5) is 15.9 Å². The second-order valence-corrected chi connectivity index (χ2v) is 8.38. The van der Waals surface area contributed by atoms with Crippen molar-refractivity contribution >= 4 is 28.2 Å². The van der Waals surface area contributed by atoms with E-state index in [0.29, 0.717) is 28.7 Å². The van der Waals surface area contributed by atoms with Gasteiger partial charge in [0.2, 0.25) is 5.88 Å². The lowest BCUT2D eigenvalue weighted by Gasteiger charge is -2.32. The fraction of sp³-hybridized carbons (Fsp3) is 0.185. The van der Waals surface area contributed by atoms with Gasteiger partial charge >= 0.3 is 0 Å². The number of anilines is 2. The van der Waals surface area contributed by atoms with E-state index >= 15 is 0 Å². The van der Waals surface area contributed by atoms with Crippen LogP contribution in [0.15, 0.2) is 54.7 Å².